The summed E-state index contributed by atoms with van der Waals surface area (Å²) < 4.78 is 55.9. The highest BCUT2D eigenvalue weighted by Gasteiger charge is 2.44. The molecule has 4 aliphatic heterocycles. The first-order valence-corrected chi connectivity index (χ1v) is 50.0. The molecule has 0 radical (unpaired) electrons. The van der Waals surface area contributed by atoms with E-state index in [1.165, 1.54) is 0 Å². The van der Waals surface area contributed by atoms with E-state index in [1.807, 2.05) is 118 Å². The minimum Gasteiger partial charge on any atom is -0.490 e. The van der Waals surface area contributed by atoms with Gasteiger partial charge in [-0.2, -0.15) is 0 Å². The third kappa shape index (κ3) is 41.6. The van der Waals surface area contributed by atoms with Gasteiger partial charge in [0.15, 0.2) is 0 Å². The molecule has 4 aliphatic rings. The highest BCUT2D eigenvalue weighted by molar-refractivity contribution is 5.85. The standard InChI is InChI=1S/C58H86N2O13.C47H74N2O10/c1-6-8-28-50(61)45(3)44-58(34-31-53(64)70-40-38-68-48-24-12-9-13-25-48,35-32-54(65)71-41-39-69-49-26-14-10-15-27-49)56(67)73-43-42-72-55(66)57(4,5)33-19-23-47(60-36-17-11-16-29-51(60)62)22-18-21-46(7-2)59-37-20-30-52(59)63;1-6-8-23-41(50)36(3)35-37(26-27-44(53)57-32-31-56-40-21-11-9-12-22-40)45(54)58-33-34-59-46(55)47(4,5)28-16-20-39(49-29-14-10-13-24-42(49)51)19-15-18-38(7-2)48-30-17-25-43(48)52/h9-10,12-15,24-27,45-47H,6-8,11,16-23,28-44H2,1-5H3;9,11-12,21-22,36-39H,6-8,10,13-20,23-35H2,1-5H3. The fourth-order valence-corrected chi connectivity index (χ4v) is 18.2. The van der Waals surface area contributed by atoms with Crippen molar-refractivity contribution in [2.45, 2.75) is 350 Å². The number of rotatable bonds is 65. The highest BCUT2D eigenvalue weighted by Crippen LogP contribution is 2.41. The van der Waals surface area contributed by atoms with Crippen LogP contribution in [0.1, 0.15) is 326 Å². The second-order valence-corrected chi connectivity index (χ2v) is 37.6. The SMILES string of the molecule is CCCCC(=O)C(C)CC(CCC(=O)OCCOc1ccccc1)(CCC(=O)OCCOc1ccccc1)C(=O)OCCOC(=O)C(C)(C)CCCC(CCCC(CC)N1CCCC1=O)N1CCCCCC1=O.CCCCC(=O)C(C)CC(CCC(=O)OCCOc1ccccc1)C(=O)OCCOC(=O)C(C)(C)CCCC(CCCC(CC)N1CCCC1=O)N1CCCCCC1=O. The lowest BCUT2D eigenvalue weighted by Crippen LogP contribution is -2.41. The lowest BCUT2D eigenvalue weighted by atomic mass is 9.71. The van der Waals surface area contributed by atoms with Crippen LogP contribution in [-0.4, -0.2) is 213 Å². The lowest BCUT2D eigenvalue weighted by molar-refractivity contribution is -0.167. The summed E-state index contributed by atoms with van der Waals surface area (Å²) in [5.74, 6) is -2.55. The average molecular weight is 1850 g/mol. The molecule has 3 aromatic rings. The summed E-state index contributed by atoms with van der Waals surface area (Å²) in [6.45, 7) is 22.0. The fraction of sp³-hybridized carbons (Fsp3) is 0.705. The second kappa shape index (κ2) is 62.2. The molecule has 3 aromatic carbocycles. The monoisotopic (exact) mass is 1850 g/mol. The zero-order chi connectivity index (χ0) is 95.9. The van der Waals surface area contributed by atoms with E-state index in [2.05, 4.69) is 23.6 Å². The molecule has 7 atom stereocenters. The maximum atomic E-state index is 14.5. The minimum absolute atomic E-state index is 0.0112. The van der Waals surface area contributed by atoms with Crippen LogP contribution >= 0.6 is 0 Å². The maximum Gasteiger partial charge on any atom is 0.312 e. The van der Waals surface area contributed by atoms with Crippen molar-refractivity contribution in [2.75, 3.05) is 92.2 Å². The predicted molar refractivity (Wildman–Crippen MR) is 504 cm³/mol. The molecule has 7 unspecified atom stereocenters. The molecule has 4 fully saturated rings. The van der Waals surface area contributed by atoms with E-state index in [1.54, 1.807) is 38.1 Å². The third-order valence-electron chi connectivity index (χ3n) is 26.3. The zero-order valence-electron chi connectivity index (χ0n) is 81.6. The molecule has 0 bridgehead atoms. The molecule has 738 valence electrons. The summed E-state index contributed by atoms with van der Waals surface area (Å²) >= 11 is 0. The van der Waals surface area contributed by atoms with E-state index >= 15 is 0 Å². The summed E-state index contributed by atoms with van der Waals surface area (Å²) in [7, 11) is 0. The van der Waals surface area contributed by atoms with Gasteiger partial charge in [-0.25, -0.2) is 0 Å². The third-order valence-corrected chi connectivity index (χ3v) is 26.3. The number of hydrogen-bond donors (Lipinski definition) is 0. The van der Waals surface area contributed by atoms with Crippen LogP contribution in [0.5, 0.6) is 17.2 Å². The van der Waals surface area contributed by atoms with Crippen LogP contribution in [0.3, 0.4) is 0 Å². The van der Waals surface area contributed by atoms with Crippen LogP contribution in [0.4, 0.5) is 0 Å². The van der Waals surface area contributed by atoms with Gasteiger partial charge in [0.1, 0.15) is 94.9 Å². The summed E-state index contributed by atoms with van der Waals surface area (Å²) in [6.07, 6.45) is 25.1. The smallest absolute Gasteiger partial charge is 0.312 e. The van der Waals surface area contributed by atoms with Crippen molar-refractivity contribution < 1.29 is 110 Å². The molecule has 7 rings (SSSR count). The zero-order valence-corrected chi connectivity index (χ0v) is 81.6. The van der Waals surface area contributed by atoms with Gasteiger partial charge in [-0.1, -0.05) is 135 Å². The Hall–Kier alpha value is -9.43. The average Bonchev–Trinajstić information content (AvgIpc) is 1.05. The van der Waals surface area contributed by atoms with Gasteiger partial charge in [0.05, 0.1) is 22.2 Å². The van der Waals surface area contributed by atoms with Crippen LogP contribution in [-0.2, 0) is 95.5 Å². The number of carbonyl (C=O) groups excluding carboxylic acids is 13. The fourth-order valence-electron chi connectivity index (χ4n) is 18.2. The molecule has 0 aliphatic carbocycles. The van der Waals surface area contributed by atoms with E-state index in [9.17, 15) is 62.3 Å². The van der Waals surface area contributed by atoms with E-state index in [0.717, 1.165) is 167 Å². The molecule has 4 heterocycles. The summed E-state index contributed by atoms with van der Waals surface area (Å²) in [6, 6.07) is 28.0. The van der Waals surface area contributed by atoms with Crippen LogP contribution in [0, 0.1) is 34.0 Å². The number of hydrogen-bond acceptors (Lipinski definition) is 23. The van der Waals surface area contributed by atoms with Crippen LogP contribution in [0.25, 0.3) is 0 Å². The summed E-state index contributed by atoms with van der Waals surface area (Å²) in [5.41, 5.74) is -3.14. The lowest BCUT2D eigenvalue weighted by Gasteiger charge is -2.33. The Bertz CT molecular complexity index is 3870. The van der Waals surface area contributed by atoms with Crippen molar-refractivity contribution >= 4 is 77.0 Å². The molecule has 0 aromatic heterocycles. The largest absolute Gasteiger partial charge is 0.490 e. The Kier molecular flexibility index (Phi) is 52.4. The molecule has 4 saturated heterocycles. The topological polar surface area (TPSA) is 327 Å². The summed E-state index contributed by atoms with van der Waals surface area (Å²) in [5, 5.41) is 0. The van der Waals surface area contributed by atoms with Gasteiger partial charge < -0.3 is 67.0 Å². The first-order chi connectivity index (χ1) is 63.5. The van der Waals surface area contributed by atoms with E-state index < -0.39 is 63.9 Å². The highest BCUT2D eigenvalue weighted by atomic mass is 16.6. The first-order valence-electron chi connectivity index (χ1n) is 50.0. The van der Waals surface area contributed by atoms with Crippen molar-refractivity contribution in [1.29, 1.82) is 0 Å². The normalized spacial score (nSPS) is 16.1. The Labute approximate surface area is 787 Å². The van der Waals surface area contributed by atoms with E-state index in [-0.39, 0.29) is 189 Å². The van der Waals surface area contributed by atoms with Crippen molar-refractivity contribution in [3.05, 3.63) is 91.0 Å². The number of likely N-dealkylation sites (tertiary alicyclic amines) is 4. The van der Waals surface area contributed by atoms with Crippen LogP contribution in [0.2, 0.25) is 0 Å². The quantitative estimate of drug-likeness (QED) is 0.0288. The number of Topliss-reactive ketones (excluding diaryl/α,β-unsaturated/α-hetero) is 2. The molecule has 0 spiro atoms. The Morgan fingerprint density at radius 3 is 1.05 bits per heavy atom. The molecule has 0 saturated carbocycles. The van der Waals surface area contributed by atoms with E-state index in [4.69, 9.17) is 47.4 Å². The number of nitrogens with zero attached hydrogens (tertiary/aromatic N) is 4. The molecule has 132 heavy (non-hydrogen) atoms. The predicted octanol–water partition coefficient (Wildman–Crippen LogP) is 18.6. The van der Waals surface area contributed by atoms with Gasteiger partial charge >= 0.3 is 41.8 Å². The van der Waals surface area contributed by atoms with Crippen molar-refractivity contribution in [2.24, 2.45) is 34.0 Å². The molecular weight excluding hydrogens is 1690 g/mol. The van der Waals surface area contributed by atoms with Gasteiger partial charge in [-0.05, 0) is 225 Å². The number of ketones is 2. The molecule has 4 amide bonds. The van der Waals surface area contributed by atoms with E-state index in [0.29, 0.717) is 81.5 Å². The number of carbonyl (C=O) groups is 13. The Balaban J connectivity index is 0.000000416. The number of ether oxygens (including phenoxy) is 10. The second-order valence-electron chi connectivity index (χ2n) is 37.6. The van der Waals surface area contributed by atoms with Crippen molar-refractivity contribution in [3.8, 4) is 17.2 Å². The Morgan fingerprint density at radius 1 is 0.333 bits per heavy atom. The van der Waals surface area contributed by atoms with Gasteiger partial charge in [-0.15, -0.1) is 0 Å². The Morgan fingerprint density at radius 2 is 0.667 bits per heavy atom. The minimum atomic E-state index is -1.47. The maximum absolute atomic E-state index is 14.5. The molecule has 27 nitrogen and oxygen atoms in total. The van der Waals surface area contributed by atoms with Gasteiger partial charge in [0.2, 0.25) is 23.6 Å². The van der Waals surface area contributed by atoms with Crippen LogP contribution < -0.4 is 14.2 Å². The number of esters is 7. The number of para-hydroxylation sites is 3. The van der Waals surface area contributed by atoms with Gasteiger partial charge in [0, 0.05) is 120 Å². The number of unbranched alkanes of at least 4 members (excludes halogenated alkanes) is 2. The number of benzene rings is 3. The van der Waals surface area contributed by atoms with Crippen molar-refractivity contribution in [3.63, 3.8) is 0 Å². The van der Waals surface area contributed by atoms with Gasteiger partial charge in [-0.3, -0.25) is 62.3 Å². The van der Waals surface area contributed by atoms with Gasteiger partial charge in [0.25, 0.3) is 0 Å². The molecule has 27 heteroatoms. The first kappa shape index (κ1) is 111. The summed E-state index contributed by atoms with van der Waals surface area (Å²) in [4.78, 5) is 179. The van der Waals surface area contributed by atoms with Crippen molar-refractivity contribution in [1.82, 2.24) is 19.6 Å². The molecule has 0 N–H and O–H groups in total. The number of amides is 4. The van der Waals surface area contributed by atoms with Crippen LogP contribution in [0.15, 0.2) is 91.0 Å². The molecular formula is C105H160N4O23.